The van der Waals surface area contributed by atoms with E-state index in [9.17, 15) is 4.79 Å². The summed E-state index contributed by atoms with van der Waals surface area (Å²) in [6, 6.07) is 11.2. The fourth-order valence-electron chi connectivity index (χ4n) is 1.64. The predicted molar refractivity (Wildman–Crippen MR) is 81.2 cm³/mol. The van der Waals surface area contributed by atoms with Gasteiger partial charge in [-0.05, 0) is 48.9 Å². The molecule has 1 heterocycles. The molecule has 20 heavy (non-hydrogen) atoms. The SMILES string of the molecule is CCOC(=O)c1ccc(NCc2ccncc2)cc1.Cl. The summed E-state index contributed by atoms with van der Waals surface area (Å²) in [5.41, 5.74) is 2.69. The number of carbonyl (C=O) groups excluding carboxylic acids is 1. The van der Waals surface area contributed by atoms with Gasteiger partial charge >= 0.3 is 5.97 Å². The van der Waals surface area contributed by atoms with Crippen molar-refractivity contribution in [2.45, 2.75) is 13.5 Å². The van der Waals surface area contributed by atoms with Crippen molar-refractivity contribution in [2.24, 2.45) is 0 Å². The van der Waals surface area contributed by atoms with Crippen molar-refractivity contribution >= 4 is 24.1 Å². The van der Waals surface area contributed by atoms with Gasteiger partial charge in [0.15, 0.2) is 0 Å². The van der Waals surface area contributed by atoms with Crippen LogP contribution in [0, 0.1) is 0 Å². The van der Waals surface area contributed by atoms with Crippen LogP contribution in [0.5, 0.6) is 0 Å². The standard InChI is InChI=1S/C15H16N2O2.ClH/c1-2-19-15(18)13-3-5-14(6-4-13)17-11-12-7-9-16-10-8-12;/h3-10,17H,2,11H2,1H3;1H. The van der Waals surface area contributed by atoms with E-state index in [0.717, 1.165) is 17.8 Å². The molecule has 0 amide bonds. The van der Waals surface area contributed by atoms with Crippen LogP contribution in [0.25, 0.3) is 0 Å². The maximum Gasteiger partial charge on any atom is 0.338 e. The van der Waals surface area contributed by atoms with Gasteiger partial charge in [0.2, 0.25) is 0 Å². The second-order valence-corrected chi connectivity index (χ2v) is 4.01. The molecule has 0 saturated heterocycles. The number of rotatable bonds is 5. The molecule has 0 spiro atoms. The molecular formula is C15H17ClN2O2. The van der Waals surface area contributed by atoms with E-state index in [0.29, 0.717) is 12.2 Å². The fourth-order valence-corrected chi connectivity index (χ4v) is 1.64. The van der Waals surface area contributed by atoms with Crippen molar-refractivity contribution < 1.29 is 9.53 Å². The first kappa shape index (κ1) is 16.0. The second-order valence-electron chi connectivity index (χ2n) is 4.01. The summed E-state index contributed by atoms with van der Waals surface area (Å²) in [6.45, 7) is 2.91. The second kappa shape index (κ2) is 8.17. The molecule has 1 aromatic carbocycles. The van der Waals surface area contributed by atoms with Crippen molar-refractivity contribution in [1.29, 1.82) is 0 Å². The quantitative estimate of drug-likeness (QED) is 0.859. The Morgan fingerprint density at radius 1 is 1.15 bits per heavy atom. The summed E-state index contributed by atoms with van der Waals surface area (Å²) in [5, 5.41) is 3.28. The minimum Gasteiger partial charge on any atom is -0.462 e. The number of halogens is 1. The normalized spacial score (nSPS) is 9.45. The van der Waals surface area contributed by atoms with Gasteiger partial charge < -0.3 is 10.1 Å². The van der Waals surface area contributed by atoms with E-state index in [2.05, 4.69) is 10.3 Å². The number of nitrogens with one attached hydrogen (secondary N) is 1. The van der Waals surface area contributed by atoms with E-state index in [1.807, 2.05) is 24.3 Å². The van der Waals surface area contributed by atoms with Crippen molar-refractivity contribution in [2.75, 3.05) is 11.9 Å². The van der Waals surface area contributed by atoms with Gasteiger partial charge in [0, 0.05) is 24.6 Å². The van der Waals surface area contributed by atoms with E-state index >= 15 is 0 Å². The smallest absolute Gasteiger partial charge is 0.338 e. The van der Waals surface area contributed by atoms with Crippen LogP contribution in [-0.2, 0) is 11.3 Å². The molecule has 0 unspecified atom stereocenters. The third-order valence-corrected chi connectivity index (χ3v) is 2.64. The molecule has 1 N–H and O–H groups in total. The lowest BCUT2D eigenvalue weighted by Crippen LogP contribution is -2.05. The molecule has 0 saturated carbocycles. The number of carbonyl (C=O) groups is 1. The monoisotopic (exact) mass is 292 g/mol. The lowest BCUT2D eigenvalue weighted by Gasteiger charge is -2.07. The summed E-state index contributed by atoms with van der Waals surface area (Å²) in [6.07, 6.45) is 3.53. The summed E-state index contributed by atoms with van der Waals surface area (Å²) in [7, 11) is 0. The third-order valence-electron chi connectivity index (χ3n) is 2.64. The van der Waals surface area contributed by atoms with E-state index in [1.165, 1.54) is 0 Å². The predicted octanol–water partition coefficient (Wildman–Crippen LogP) is 3.29. The Morgan fingerprint density at radius 2 is 1.80 bits per heavy atom. The average molecular weight is 293 g/mol. The van der Waals surface area contributed by atoms with Crippen LogP contribution < -0.4 is 5.32 Å². The number of ether oxygens (including phenoxy) is 1. The minimum atomic E-state index is -0.289. The summed E-state index contributed by atoms with van der Waals surface area (Å²) >= 11 is 0. The van der Waals surface area contributed by atoms with Gasteiger partial charge in [-0.1, -0.05) is 0 Å². The minimum absolute atomic E-state index is 0. The van der Waals surface area contributed by atoms with Crippen molar-refractivity contribution in [3.05, 3.63) is 59.9 Å². The Hall–Kier alpha value is -2.07. The number of aromatic nitrogens is 1. The molecule has 4 nitrogen and oxygen atoms in total. The molecule has 0 bridgehead atoms. The van der Waals surface area contributed by atoms with E-state index in [1.54, 1.807) is 31.5 Å². The van der Waals surface area contributed by atoms with Gasteiger partial charge in [-0.15, -0.1) is 12.4 Å². The number of anilines is 1. The first-order chi connectivity index (χ1) is 9.29. The zero-order valence-corrected chi connectivity index (χ0v) is 12.0. The van der Waals surface area contributed by atoms with Gasteiger partial charge in [0.1, 0.15) is 0 Å². The summed E-state index contributed by atoms with van der Waals surface area (Å²) in [4.78, 5) is 15.5. The summed E-state index contributed by atoms with van der Waals surface area (Å²) in [5.74, 6) is -0.289. The van der Waals surface area contributed by atoms with E-state index < -0.39 is 0 Å². The molecule has 0 aliphatic heterocycles. The molecule has 0 atom stereocenters. The Labute approximate surface area is 124 Å². The molecule has 5 heteroatoms. The molecule has 0 fully saturated rings. The molecular weight excluding hydrogens is 276 g/mol. The molecule has 0 radical (unpaired) electrons. The zero-order chi connectivity index (χ0) is 13.5. The van der Waals surface area contributed by atoms with Crippen LogP contribution in [0.1, 0.15) is 22.8 Å². The van der Waals surface area contributed by atoms with Crippen LogP contribution >= 0.6 is 12.4 Å². The topological polar surface area (TPSA) is 51.2 Å². The number of hydrogen-bond acceptors (Lipinski definition) is 4. The molecule has 2 aromatic rings. The number of esters is 1. The van der Waals surface area contributed by atoms with Gasteiger partial charge in [0.05, 0.1) is 12.2 Å². The van der Waals surface area contributed by atoms with Crippen molar-refractivity contribution in [1.82, 2.24) is 4.98 Å². The lowest BCUT2D eigenvalue weighted by molar-refractivity contribution is 0.0526. The Morgan fingerprint density at radius 3 is 2.40 bits per heavy atom. The fraction of sp³-hybridized carbons (Fsp3) is 0.200. The third kappa shape index (κ3) is 4.55. The van der Waals surface area contributed by atoms with Crippen LogP contribution in [-0.4, -0.2) is 17.6 Å². The van der Waals surface area contributed by atoms with Crippen LogP contribution in [0.3, 0.4) is 0 Å². The first-order valence-electron chi connectivity index (χ1n) is 6.19. The van der Waals surface area contributed by atoms with Crippen molar-refractivity contribution in [3.63, 3.8) is 0 Å². The van der Waals surface area contributed by atoms with Crippen LogP contribution in [0.2, 0.25) is 0 Å². The molecule has 2 rings (SSSR count). The first-order valence-corrected chi connectivity index (χ1v) is 6.19. The van der Waals surface area contributed by atoms with Crippen molar-refractivity contribution in [3.8, 4) is 0 Å². The number of hydrogen-bond donors (Lipinski definition) is 1. The van der Waals surface area contributed by atoms with Gasteiger partial charge in [-0.25, -0.2) is 4.79 Å². The summed E-state index contributed by atoms with van der Waals surface area (Å²) < 4.78 is 4.93. The van der Waals surface area contributed by atoms with Gasteiger partial charge in [0.25, 0.3) is 0 Å². The lowest BCUT2D eigenvalue weighted by atomic mass is 10.2. The molecule has 1 aromatic heterocycles. The molecule has 0 aliphatic carbocycles. The van der Waals surface area contributed by atoms with Gasteiger partial charge in [-0.2, -0.15) is 0 Å². The highest BCUT2D eigenvalue weighted by Crippen LogP contribution is 2.12. The number of nitrogens with zero attached hydrogens (tertiary/aromatic N) is 1. The zero-order valence-electron chi connectivity index (χ0n) is 11.2. The maximum atomic E-state index is 11.5. The Kier molecular flexibility index (Phi) is 6.53. The average Bonchev–Trinajstić information content (AvgIpc) is 2.47. The highest BCUT2D eigenvalue weighted by atomic mass is 35.5. The van der Waals surface area contributed by atoms with Crippen LogP contribution in [0.4, 0.5) is 5.69 Å². The Bertz CT molecular complexity index is 529. The number of benzene rings is 1. The molecule has 106 valence electrons. The largest absolute Gasteiger partial charge is 0.462 e. The number of pyridine rings is 1. The van der Waals surface area contributed by atoms with E-state index in [-0.39, 0.29) is 18.4 Å². The highest BCUT2D eigenvalue weighted by molar-refractivity contribution is 5.89. The van der Waals surface area contributed by atoms with E-state index in [4.69, 9.17) is 4.74 Å². The molecule has 0 aliphatic rings. The maximum absolute atomic E-state index is 11.5. The highest BCUT2D eigenvalue weighted by Gasteiger charge is 2.05. The van der Waals surface area contributed by atoms with Crippen LogP contribution in [0.15, 0.2) is 48.8 Å². The Balaban J connectivity index is 0.00000200. The van der Waals surface area contributed by atoms with Gasteiger partial charge in [-0.3, -0.25) is 4.98 Å².